The summed E-state index contributed by atoms with van der Waals surface area (Å²) in [6, 6.07) is 3.09. The molecule has 0 aliphatic carbocycles. The number of carbonyl (C=O) groups excluding carboxylic acids is 3. The maximum atomic E-state index is 14.9. The van der Waals surface area contributed by atoms with Crippen LogP contribution in [0.15, 0.2) is 59.7 Å². The lowest BCUT2D eigenvalue weighted by atomic mass is 9.93. The Hall–Kier alpha value is -3.69. The number of hydrogen-bond acceptors (Lipinski definition) is 4. The third kappa shape index (κ3) is 5.32. The van der Waals surface area contributed by atoms with E-state index in [2.05, 4.69) is 17.2 Å². The van der Waals surface area contributed by atoms with E-state index in [-0.39, 0.29) is 18.7 Å². The smallest absolute Gasteiger partial charge is 0.319 e. The van der Waals surface area contributed by atoms with E-state index < -0.39 is 41.4 Å². The molecule has 2 heterocycles. The van der Waals surface area contributed by atoms with Crippen LogP contribution >= 0.6 is 0 Å². The number of rotatable bonds is 7. The fourth-order valence-electron chi connectivity index (χ4n) is 3.56. The summed E-state index contributed by atoms with van der Waals surface area (Å²) in [6.07, 6.45) is 1.90. The largest absolute Gasteiger partial charge is 0.493 e. The second-order valence-corrected chi connectivity index (χ2v) is 7.64. The highest BCUT2D eigenvalue weighted by Gasteiger charge is 2.44. The maximum Gasteiger partial charge on any atom is 0.319 e. The Kier molecular flexibility index (Phi) is 6.92. The Balaban J connectivity index is 1.78. The summed E-state index contributed by atoms with van der Waals surface area (Å²) in [7, 11) is 0. The summed E-state index contributed by atoms with van der Waals surface area (Å²) >= 11 is 0. The number of benzene rings is 1. The van der Waals surface area contributed by atoms with Crippen LogP contribution in [0.5, 0.6) is 0 Å². The Bertz CT molecular complexity index is 1000. The quantitative estimate of drug-likeness (QED) is 0.558. The molecule has 2 aliphatic rings. The molecule has 0 bridgehead atoms. The van der Waals surface area contributed by atoms with Gasteiger partial charge in [0.15, 0.2) is 0 Å². The molecule has 0 unspecified atom stereocenters. The number of urea groups is 1. The van der Waals surface area contributed by atoms with Crippen molar-refractivity contribution < 1.29 is 27.9 Å². The van der Waals surface area contributed by atoms with Crippen molar-refractivity contribution in [1.29, 1.82) is 0 Å². The van der Waals surface area contributed by atoms with Gasteiger partial charge in [0.25, 0.3) is 0 Å². The van der Waals surface area contributed by atoms with Gasteiger partial charge in [0.1, 0.15) is 23.4 Å². The standard InChI is InChI=1S/C22H24F2N4O4/c1-12-7-8-32-18(12)9-17(24)13(2)16-10-28(11-19(25)29)21(30)20(16)27-22(31)26-15-5-3-14(23)4-6-15/h3-6,9,16,20H,2,7-8,10-11H2,1H3,(H2,25,29)(H2,26,27,31)/b17-9+/t16-,20-/m0/s1. The number of nitrogens with two attached hydrogens (primary N) is 1. The average Bonchev–Trinajstić information content (AvgIpc) is 3.26. The predicted molar refractivity (Wildman–Crippen MR) is 113 cm³/mol. The second kappa shape index (κ2) is 9.63. The number of nitrogens with one attached hydrogen (secondary N) is 2. The lowest BCUT2D eigenvalue weighted by Crippen LogP contribution is -2.47. The van der Waals surface area contributed by atoms with Crippen molar-refractivity contribution in [2.45, 2.75) is 19.4 Å². The second-order valence-electron chi connectivity index (χ2n) is 7.64. The zero-order valence-corrected chi connectivity index (χ0v) is 17.5. The zero-order valence-electron chi connectivity index (χ0n) is 17.5. The highest BCUT2D eigenvalue weighted by Crippen LogP contribution is 2.31. The van der Waals surface area contributed by atoms with E-state index in [1.807, 2.05) is 6.92 Å². The number of carbonyl (C=O) groups is 3. The van der Waals surface area contributed by atoms with Gasteiger partial charge in [-0.05, 0) is 42.3 Å². The number of amides is 4. The van der Waals surface area contributed by atoms with Crippen molar-refractivity contribution in [3.63, 3.8) is 0 Å². The number of primary amides is 1. The van der Waals surface area contributed by atoms with E-state index in [0.29, 0.717) is 24.5 Å². The molecule has 0 spiro atoms. The van der Waals surface area contributed by atoms with Crippen LogP contribution in [-0.2, 0) is 14.3 Å². The number of anilines is 1. The van der Waals surface area contributed by atoms with E-state index in [1.54, 1.807) is 0 Å². The first-order valence-electron chi connectivity index (χ1n) is 9.94. The summed E-state index contributed by atoms with van der Waals surface area (Å²) in [5.74, 6) is -2.94. The molecule has 3 rings (SSSR count). The predicted octanol–water partition coefficient (Wildman–Crippen LogP) is 2.36. The third-order valence-corrected chi connectivity index (χ3v) is 5.30. The minimum absolute atomic E-state index is 0.0202. The number of halogens is 2. The molecule has 0 radical (unpaired) electrons. The van der Waals surface area contributed by atoms with Crippen molar-refractivity contribution >= 4 is 23.5 Å². The van der Waals surface area contributed by atoms with Crippen LogP contribution in [0.3, 0.4) is 0 Å². The van der Waals surface area contributed by atoms with E-state index in [9.17, 15) is 23.2 Å². The summed E-state index contributed by atoms with van der Waals surface area (Å²) in [5, 5.41) is 4.98. The van der Waals surface area contributed by atoms with E-state index in [0.717, 1.165) is 22.6 Å². The van der Waals surface area contributed by atoms with Crippen LogP contribution in [0.1, 0.15) is 13.3 Å². The van der Waals surface area contributed by atoms with Crippen LogP contribution in [0.25, 0.3) is 0 Å². The van der Waals surface area contributed by atoms with Gasteiger partial charge < -0.3 is 26.0 Å². The molecule has 0 aromatic heterocycles. The number of likely N-dealkylation sites (tertiary alicyclic amines) is 1. The summed E-state index contributed by atoms with van der Waals surface area (Å²) in [5.41, 5.74) is 6.37. The Morgan fingerprint density at radius 3 is 2.62 bits per heavy atom. The van der Waals surface area contributed by atoms with Gasteiger partial charge in [-0.2, -0.15) is 0 Å². The normalized spacial score (nSPS) is 20.9. The number of hydrogen-bond donors (Lipinski definition) is 3. The maximum absolute atomic E-state index is 14.9. The molecule has 8 nitrogen and oxygen atoms in total. The summed E-state index contributed by atoms with van der Waals surface area (Å²) in [4.78, 5) is 37.7. The van der Waals surface area contributed by atoms with Gasteiger partial charge in [-0.15, -0.1) is 0 Å². The fraction of sp³-hybridized carbons (Fsp3) is 0.318. The number of nitrogens with zero attached hydrogens (tertiary/aromatic N) is 1. The molecular weight excluding hydrogens is 422 g/mol. The molecule has 0 saturated carbocycles. The molecule has 1 saturated heterocycles. The monoisotopic (exact) mass is 446 g/mol. The number of allylic oxidation sites excluding steroid dienone is 2. The van der Waals surface area contributed by atoms with Gasteiger partial charge >= 0.3 is 6.03 Å². The molecule has 4 amide bonds. The molecule has 170 valence electrons. The SMILES string of the molecule is C=C(/C(F)=C\C1=C(C)CCO1)[C@@H]1CN(CC(N)=O)C(=O)[C@H]1NC(=O)Nc1ccc(F)cc1. The highest BCUT2D eigenvalue weighted by molar-refractivity contribution is 5.96. The third-order valence-electron chi connectivity index (χ3n) is 5.30. The van der Waals surface area contributed by atoms with Gasteiger partial charge in [-0.25, -0.2) is 13.6 Å². The van der Waals surface area contributed by atoms with E-state index in [4.69, 9.17) is 10.5 Å². The van der Waals surface area contributed by atoms with Crippen molar-refractivity contribution in [3.05, 3.63) is 65.5 Å². The van der Waals surface area contributed by atoms with Crippen molar-refractivity contribution in [2.75, 3.05) is 25.0 Å². The van der Waals surface area contributed by atoms with E-state index >= 15 is 0 Å². The summed E-state index contributed by atoms with van der Waals surface area (Å²) in [6.45, 7) is 5.63. The molecule has 2 atom stereocenters. The average molecular weight is 446 g/mol. The van der Waals surface area contributed by atoms with Crippen LogP contribution in [0.2, 0.25) is 0 Å². The van der Waals surface area contributed by atoms with Gasteiger partial charge in [0, 0.05) is 30.6 Å². The van der Waals surface area contributed by atoms with Crippen LogP contribution in [0.4, 0.5) is 19.3 Å². The first kappa shape index (κ1) is 23.0. The molecule has 1 aromatic carbocycles. The molecule has 1 aromatic rings. The van der Waals surface area contributed by atoms with Gasteiger partial charge in [-0.3, -0.25) is 9.59 Å². The van der Waals surface area contributed by atoms with Crippen LogP contribution in [0, 0.1) is 11.7 Å². The molecule has 2 aliphatic heterocycles. The number of ether oxygens (including phenoxy) is 1. The van der Waals surface area contributed by atoms with Crippen LogP contribution < -0.4 is 16.4 Å². The highest BCUT2D eigenvalue weighted by atomic mass is 19.1. The molecular formula is C22H24F2N4O4. The van der Waals surface area contributed by atoms with Crippen molar-refractivity contribution in [2.24, 2.45) is 11.7 Å². The summed E-state index contributed by atoms with van der Waals surface area (Å²) < 4.78 is 33.4. The minimum Gasteiger partial charge on any atom is -0.493 e. The van der Waals surface area contributed by atoms with Crippen LogP contribution in [-0.4, -0.2) is 48.5 Å². The minimum atomic E-state index is -1.18. The first-order valence-corrected chi connectivity index (χ1v) is 9.94. The van der Waals surface area contributed by atoms with Gasteiger partial charge in [0.2, 0.25) is 11.8 Å². The molecule has 10 heteroatoms. The topological polar surface area (TPSA) is 114 Å². The van der Waals surface area contributed by atoms with Gasteiger partial charge in [0.05, 0.1) is 13.2 Å². The van der Waals surface area contributed by atoms with Crippen molar-refractivity contribution in [3.8, 4) is 0 Å². The molecule has 32 heavy (non-hydrogen) atoms. The van der Waals surface area contributed by atoms with E-state index in [1.165, 1.54) is 18.2 Å². The first-order chi connectivity index (χ1) is 15.2. The molecule has 4 N–H and O–H groups in total. The Morgan fingerprint density at radius 1 is 1.34 bits per heavy atom. The Morgan fingerprint density at radius 2 is 2.03 bits per heavy atom. The molecule has 1 fully saturated rings. The lowest BCUT2D eigenvalue weighted by Gasteiger charge is -2.20. The zero-order chi connectivity index (χ0) is 23.4. The van der Waals surface area contributed by atoms with Gasteiger partial charge in [-0.1, -0.05) is 6.58 Å². The Labute approximate surface area is 183 Å². The fourth-order valence-corrected chi connectivity index (χ4v) is 3.56. The lowest BCUT2D eigenvalue weighted by molar-refractivity contribution is -0.133. The van der Waals surface area contributed by atoms with Crippen molar-refractivity contribution in [1.82, 2.24) is 10.2 Å².